The first-order chi connectivity index (χ1) is 12.7. The van der Waals surface area contributed by atoms with E-state index in [4.69, 9.17) is 10.00 Å². The van der Waals surface area contributed by atoms with Gasteiger partial charge in [0.25, 0.3) is 5.56 Å². The molecule has 0 bridgehead atoms. The highest BCUT2D eigenvalue weighted by Gasteiger charge is 2.26. The molecule has 6 heteroatoms. The lowest BCUT2D eigenvalue weighted by Crippen LogP contribution is -2.41. The summed E-state index contributed by atoms with van der Waals surface area (Å²) in [4.78, 5) is 24.8. The Kier molecular flexibility index (Phi) is 4.05. The minimum Gasteiger partial charge on any atom is -0.492 e. The molecule has 3 aromatic rings. The zero-order valence-electron chi connectivity index (χ0n) is 14.1. The smallest absolute Gasteiger partial charge is 0.331 e. The molecule has 1 aromatic heterocycles. The predicted molar refractivity (Wildman–Crippen MR) is 97.4 cm³/mol. The summed E-state index contributed by atoms with van der Waals surface area (Å²) in [7, 11) is 0. The number of hydrogen-bond acceptors (Lipinski definition) is 4. The van der Waals surface area contributed by atoms with Gasteiger partial charge in [0, 0.05) is 12.2 Å². The summed E-state index contributed by atoms with van der Waals surface area (Å²) < 4.78 is 8.32. The summed E-state index contributed by atoms with van der Waals surface area (Å²) in [6.45, 7) is 0.278. The fourth-order valence-corrected chi connectivity index (χ4v) is 3.02. The Bertz CT molecular complexity index is 1130. The maximum atomic E-state index is 12.5. The lowest BCUT2D eigenvalue weighted by Gasteiger charge is -2.11. The first kappa shape index (κ1) is 16.2. The van der Waals surface area contributed by atoms with Crippen LogP contribution in [0.2, 0.25) is 0 Å². The van der Waals surface area contributed by atoms with E-state index < -0.39 is 5.56 Å². The summed E-state index contributed by atoms with van der Waals surface area (Å²) >= 11 is 0. The van der Waals surface area contributed by atoms with E-state index in [9.17, 15) is 9.59 Å². The molecule has 4 rings (SSSR count). The van der Waals surface area contributed by atoms with Crippen molar-refractivity contribution >= 4 is 10.8 Å². The molecule has 0 spiro atoms. The van der Waals surface area contributed by atoms with Crippen molar-refractivity contribution in [3.63, 3.8) is 0 Å². The third-order valence-corrected chi connectivity index (χ3v) is 4.56. The van der Waals surface area contributed by atoms with Gasteiger partial charge in [0.15, 0.2) is 0 Å². The van der Waals surface area contributed by atoms with Gasteiger partial charge < -0.3 is 4.74 Å². The van der Waals surface area contributed by atoms with Gasteiger partial charge in [0.1, 0.15) is 24.0 Å². The van der Waals surface area contributed by atoms with Crippen LogP contribution in [0, 0.1) is 11.3 Å². The first-order valence-corrected chi connectivity index (χ1v) is 8.55. The molecule has 26 heavy (non-hydrogen) atoms. The van der Waals surface area contributed by atoms with Gasteiger partial charge in [0.05, 0.1) is 6.54 Å². The van der Waals surface area contributed by atoms with Crippen molar-refractivity contribution in [3.05, 3.63) is 75.1 Å². The fourth-order valence-electron chi connectivity index (χ4n) is 3.02. The first-order valence-electron chi connectivity index (χ1n) is 8.55. The second-order valence-electron chi connectivity index (χ2n) is 6.39. The molecule has 1 heterocycles. The summed E-state index contributed by atoms with van der Waals surface area (Å²) in [5.74, 6) is 0.677. The molecule has 0 atom stereocenters. The molecule has 1 fully saturated rings. The van der Waals surface area contributed by atoms with Gasteiger partial charge in [-0.15, -0.1) is 0 Å². The molecule has 2 aromatic carbocycles. The Labute approximate surface area is 149 Å². The van der Waals surface area contributed by atoms with Gasteiger partial charge in [0.2, 0.25) is 0 Å². The molecule has 0 aliphatic heterocycles. The molecule has 0 amide bonds. The number of nitriles is 1. The Morgan fingerprint density at radius 1 is 1.12 bits per heavy atom. The average Bonchev–Trinajstić information content (AvgIpc) is 3.49. The van der Waals surface area contributed by atoms with Crippen molar-refractivity contribution in [2.45, 2.75) is 25.4 Å². The highest BCUT2D eigenvalue weighted by Crippen LogP contribution is 2.33. The molecule has 1 aliphatic carbocycles. The topological polar surface area (TPSA) is 77.0 Å². The largest absolute Gasteiger partial charge is 0.492 e. The molecule has 130 valence electrons. The maximum absolute atomic E-state index is 12.5. The maximum Gasteiger partial charge on any atom is 0.331 e. The van der Waals surface area contributed by atoms with Crippen molar-refractivity contribution in [1.29, 1.82) is 5.26 Å². The lowest BCUT2D eigenvalue weighted by atomic mass is 10.1. The molecule has 6 nitrogen and oxygen atoms in total. The molecule has 0 N–H and O–H groups in total. The second-order valence-corrected chi connectivity index (χ2v) is 6.39. The zero-order valence-corrected chi connectivity index (χ0v) is 14.1. The minimum absolute atomic E-state index is 0.0118. The highest BCUT2D eigenvalue weighted by atomic mass is 16.5. The van der Waals surface area contributed by atoms with E-state index in [0.717, 1.165) is 28.2 Å². The van der Waals surface area contributed by atoms with Gasteiger partial charge in [-0.25, -0.2) is 4.79 Å². The van der Waals surface area contributed by atoms with Gasteiger partial charge in [-0.1, -0.05) is 30.3 Å². The molecule has 0 unspecified atom stereocenters. The molecular formula is C20H17N3O3. The number of ether oxygens (including phenoxy) is 1. The van der Waals surface area contributed by atoms with Crippen molar-refractivity contribution in [3.8, 4) is 11.8 Å². The van der Waals surface area contributed by atoms with Gasteiger partial charge in [-0.3, -0.25) is 13.9 Å². The van der Waals surface area contributed by atoms with E-state index >= 15 is 0 Å². The van der Waals surface area contributed by atoms with Gasteiger partial charge in [-0.05, 0) is 35.7 Å². The van der Waals surface area contributed by atoms with Crippen LogP contribution in [0.25, 0.3) is 10.8 Å². The van der Waals surface area contributed by atoms with Crippen LogP contribution in [0.3, 0.4) is 0 Å². The number of hydrogen-bond donors (Lipinski definition) is 0. The Morgan fingerprint density at radius 2 is 1.88 bits per heavy atom. The summed E-state index contributed by atoms with van der Waals surface area (Å²) in [5, 5.41) is 11.3. The Morgan fingerprint density at radius 3 is 2.62 bits per heavy atom. The van der Waals surface area contributed by atoms with Crippen molar-refractivity contribution in [2.75, 3.05) is 6.61 Å². The van der Waals surface area contributed by atoms with E-state index in [-0.39, 0.29) is 30.4 Å². The molecule has 0 radical (unpaired) electrons. The number of rotatable bonds is 5. The molecular weight excluding hydrogens is 330 g/mol. The SMILES string of the molecule is N#Cc1cn(C2CC2)c(=O)n(CCOc2ccc3ccccc3c2)c1=O. The third-order valence-electron chi connectivity index (χ3n) is 4.56. The quantitative estimate of drug-likeness (QED) is 0.710. The number of benzene rings is 2. The second kappa shape index (κ2) is 6.52. The van der Waals surface area contributed by atoms with Gasteiger partial charge >= 0.3 is 5.69 Å². The summed E-state index contributed by atoms with van der Waals surface area (Å²) in [5.41, 5.74) is -0.947. The van der Waals surface area contributed by atoms with Crippen molar-refractivity contribution in [1.82, 2.24) is 9.13 Å². The highest BCUT2D eigenvalue weighted by molar-refractivity contribution is 5.83. The summed E-state index contributed by atoms with van der Waals surface area (Å²) in [6, 6.07) is 15.7. The fraction of sp³-hybridized carbons (Fsp3) is 0.250. The van der Waals surface area contributed by atoms with Crippen molar-refractivity contribution < 1.29 is 4.74 Å². The van der Waals surface area contributed by atoms with Crippen molar-refractivity contribution in [2.24, 2.45) is 0 Å². The van der Waals surface area contributed by atoms with Crippen LogP contribution < -0.4 is 16.0 Å². The average molecular weight is 347 g/mol. The lowest BCUT2D eigenvalue weighted by molar-refractivity contribution is 0.292. The van der Waals surface area contributed by atoms with Crippen LogP contribution in [0.5, 0.6) is 5.75 Å². The third kappa shape index (κ3) is 3.00. The van der Waals surface area contributed by atoms with Gasteiger partial charge in [-0.2, -0.15) is 5.26 Å². The number of nitrogens with zero attached hydrogens (tertiary/aromatic N) is 3. The van der Waals surface area contributed by atoms with Crippen LogP contribution in [0.1, 0.15) is 24.4 Å². The van der Waals surface area contributed by atoms with Crippen LogP contribution in [-0.2, 0) is 6.54 Å². The number of aromatic nitrogens is 2. The number of fused-ring (bicyclic) bond motifs is 1. The molecule has 1 saturated carbocycles. The monoisotopic (exact) mass is 347 g/mol. The molecule has 1 aliphatic rings. The normalized spacial score (nSPS) is 13.5. The minimum atomic E-state index is -0.559. The van der Waals surface area contributed by atoms with E-state index in [1.54, 1.807) is 0 Å². The molecule has 0 saturated heterocycles. The van der Waals surface area contributed by atoms with Crippen LogP contribution >= 0.6 is 0 Å². The van der Waals surface area contributed by atoms with Crippen LogP contribution in [-0.4, -0.2) is 15.7 Å². The van der Waals surface area contributed by atoms with E-state index in [0.29, 0.717) is 5.75 Å². The Hall–Kier alpha value is -3.33. The zero-order chi connectivity index (χ0) is 18.1. The van der Waals surface area contributed by atoms with Crippen LogP contribution in [0.15, 0.2) is 58.3 Å². The van der Waals surface area contributed by atoms with E-state index in [2.05, 4.69) is 0 Å². The van der Waals surface area contributed by atoms with E-state index in [1.807, 2.05) is 48.5 Å². The summed E-state index contributed by atoms with van der Waals surface area (Å²) in [6.07, 6.45) is 3.18. The standard InChI is InChI=1S/C20H17N3O3/c21-12-16-13-23(17-6-7-17)20(25)22(19(16)24)9-10-26-18-8-5-14-3-1-2-4-15(14)11-18/h1-5,8,11,13,17H,6-7,9-10H2. The van der Waals surface area contributed by atoms with E-state index in [1.165, 1.54) is 10.8 Å². The van der Waals surface area contributed by atoms with Crippen LogP contribution in [0.4, 0.5) is 0 Å². The predicted octanol–water partition coefficient (Wildman–Crippen LogP) is 2.45. The Balaban J connectivity index is 1.55.